The monoisotopic (exact) mass is 391 g/mol. The summed E-state index contributed by atoms with van der Waals surface area (Å²) in [6.45, 7) is 9.32. The molecule has 0 bridgehead atoms. The van der Waals surface area contributed by atoms with Gasteiger partial charge in [0.1, 0.15) is 12.4 Å². The summed E-state index contributed by atoms with van der Waals surface area (Å²) in [5.74, 6) is 2.14. The van der Waals surface area contributed by atoms with Crippen LogP contribution in [-0.4, -0.2) is 4.98 Å². The average Bonchev–Trinajstić information content (AvgIpc) is 3.19. The van der Waals surface area contributed by atoms with Crippen molar-refractivity contribution >= 4 is 0 Å². The predicted molar refractivity (Wildman–Crippen MR) is 124 cm³/mol. The molecule has 1 N–H and O–H groups in total. The van der Waals surface area contributed by atoms with Gasteiger partial charge in [-0.2, -0.15) is 0 Å². The highest BCUT2D eigenvalue weighted by Crippen LogP contribution is 2.22. The van der Waals surface area contributed by atoms with Crippen LogP contribution >= 0.6 is 0 Å². The van der Waals surface area contributed by atoms with E-state index in [4.69, 9.17) is 0 Å². The molecule has 0 radical (unpaired) electrons. The first-order valence-electron chi connectivity index (χ1n) is 12.8. The van der Waals surface area contributed by atoms with Gasteiger partial charge in [-0.05, 0) is 32.6 Å². The predicted octanol–water partition coefficient (Wildman–Crippen LogP) is 8.64. The van der Waals surface area contributed by atoms with E-state index in [1.165, 1.54) is 115 Å². The van der Waals surface area contributed by atoms with Crippen LogP contribution in [-0.2, 0) is 0 Å². The zero-order chi connectivity index (χ0) is 20.5. The fraction of sp³-hybridized carbons (Fsp3) is 0.885. The molecule has 1 rings (SSSR count). The average molecular weight is 392 g/mol. The molecule has 0 aromatic carbocycles. The Hall–Kier alpha value is -0.790. The fourth-order valence-electron chi connectivity index (χ4n) is 4.55. The van der Waals surface area contributed by atoms with Crippen LogP contribution in [0.5, 0.6) is 0 Å². The van der Waals surface area contributed by atoms with E-state index >= 15 is 0 Å². The molecular formula is C26H51N2+. The third kappa shape index (κ3) is 10.7. The Bertz CT molecular complexity index is 451. The fourth-order valence-corrected chi connectivity index (χ4v) is 4.55. The molecule has 0 fully saturated rings. The van der Waals surface area contributed by atoms with Crippen molar-refractivity contribution in [3.63, 3.8) is 0 Å². The van der Waals surface area contributed by atoms with Crippen molar-refractivity contribution in [3.8, 4) is 0 Å². The number of hydrogen-bond donors (Lipinski definition) is 1. The largest absolute Gasteiger partial charge is 0.257 e. The van der Waals surface area contributed by atoms with Gasteiger partial charge in [-0.1, -0.05) is 104 Å². The molecule has 0 spiro atoms. The Morgan fingerprint density at radius 2 is 1.25 bits per heavy atom. The lowest BCUT2D eigenvalue weighted by Gasteiger charge is -2.15. The molecule has 1 aromatic rings. The van der Waals surface area contributed by atoms with E-state index in [9.17, 15) is 0 Å². The van der Waals surface area contributed by atoms with E-state index < -0.39 is 0 Å². The topological polar surface area (TPSA) is 19.7 Å². The van der Waals surface area contributed by atoms with E-state index in [0.717, 1.165) is 0 Å². The lowest BCUT2D eigenvalue weighted by atomic mass is 9.99. The van der Waals surface area contributed by atoms with Gasteiger partial charge in [-0.15, -0.1) is 0 Å². The van der Waals surface area contributed by atoms with Crippen molar-refractivity contribution in [2.75, 3.05) is 0 Å². The number of aromatic amines is 1. The van der Waals surface area contributed by atoms with Gasteiger partial charge in [-0.25, -0.2) is 9.55 Å². The van der Waals surface area contributed by atoms with Crippen LogP contribution in [0.3, 0.4) is 0 Å². The molecule has 0 aliphatic carbocycles. The standard InChI is InChI=1S/C26H50N2/c1-5-8-9-10-11-12-13-14-15-16-17-18-19-21-24(4)28-23-22-27-26(28)25(7-3)20-6-2/h22-25H,5-21H2,1-4H3/p+1. The lowest BCUT2D eigenvalue weighted by molar-refractivity contribution is -0.727. The van der Waals surface area contributed by atoms with Crippen molar-refractivity contribution in [1.82, 2.24) is 4.98 Å². The summed E-state index contributed by atoms with van der Waals surface area (Å²) in [4.78, 5) is 3.53. The third-order valence-corrected chi connectivity index (χ3v) is 6.46. The molecule has 0 aliphatic heterocycles. The quantitative estimate of drug-likeness (QED) is 0.180. The maximum absolute atomic E-state index is 3.53. The number of H-pyrrole nitrogens is 1. The summed E-state index contributed by atoms with van der Waals surface area (Å²) in [5.41, 5.74) is 0. The summed E-state index contributed by atoms with van der Waals surface area (Å²) < 4.78 is 2.52. The van der Waals surface area contributed by atoms with Crippen LogP contribution in [0.1, 0.15) is 155 Å². The highest BCUT2D eigenvalue weighted by molar-refractivity contribution is 4.89. The molecule has 28 heavy (non-hydrogen) atoms. The molecule has 2 nitrogen and oxygen atoms in total. The first-order chi connectivity index (χ1) is 13.7. The summed E-state index contributed by atoms with van der Waals surface area (Å²) in [7, 11) is 0. The smallest absolute Gasteiger partial charge is 0.247 e. The number of rotatable bonds is 19. The van der Waals surface area contributed by atoms with Gasteiger partial charge < -0.3 is 0 Å². The minimum absolute atomic E-state index is 0.625. The normalized spacial score (nSPS) is 13.7. The van der Waals surface area contributed by atoms with Gasteiger partial charge in [-0.3, -0.25) is 0 Å². The first-order valence-corrected chi connectivity index (χ1v) is 12.8. The maximum atomic E-state index is 3.53. The van der Waals surface area contributed by atoms with Crippen LogP contribution in [0.4, 0.5) is 0 Å². The Labute approximate surface area is 176 Å². The minimum Gasteiger partial charge on any atom is -0.247 e. The Morgan fingerprint density at radius 3 is 1.75 bits per heavy atom. The third-order valence-electron chi connectivity index (χ3n) is 6.46. The number of unbranched alkanes of at least 4 members (excludes halogenated alkanes) is 12. The van der Waals surface area contributed by atoms with Crippen molar-refractivity contribution in [2.24, 2.45) is 0 Å². The van der Waals surface area contributed by atoms with E-state index in [-0.39, 0.29) is 0 Å². The molecule has 2 atom stereocenters. The van der Waals surface area contributed by atoms with Gasteiger partial charge in [0, 0.05) is 0 Å². The highest BCUT2D eigenvalue weighted by atomic mass is 15.1. The van der Waals surface area contributed by atoms with Crippen LogP contribution in [0, 0.1) is 0 Å². The number of aromatic nitrogens is 2. The second kappa shape index (κ2) is 17.1. The van der Waals surface area contributed by atoms with E-state index in [2.05, 4.69) is 49.6 Å². The second-order valence-corrected chi connectivity index (χ2v) is 9.03. The summed E-state index contributed by atoms with van der Waals surface area (Å²) in [5, 5.41) is 0. The molecular weight excluding hydrogens is 340 g/mol. The van der Waals surface area contributed by atoms with Crippen molar-refractivity contribution in [2.45, 2.75) is 149 Å². The van der Waals surface area contributed by atoms with Crippen LogP contribution in [0.15, 0.2) is 12.4 Å². The van der Waals surface area contributed by atoms with Gasteiger partial charge in [0.2, 0.25) is 0 Å². The number of nitrogens with one attached hydrogen (secondary N) is 1. The molecule has 2 unspecified atom stereocenters. The molecule has 164 valence electrons. The van der Waals surface area contributed by atoms with E-state index in [1.54, 1.807) is 0 Å². The highest BCUT2D eigenvalue weighted by Gasteiger charge is 2.23. The molecule has 1 aromatic heterocycles. The zero-order valence-corrected chi connectivity index (χ0v) is 19.8. The Morgan fingerprint density at radius 1 is 0.714 bits per heavy atom. The van der Waals surface area contributed by atoms with E-state index in [1.807, 2.05) is 0 Å². The van der Waals surface area contributed by atoms with Gasteiger partial charge in [0.25, 0.3) is 5.82 Å². The number of nitrogens with zero attached hydrogens (tertiary/aromatic N) is 1. The summed E-state index contributed by atoms with van der Waals surface area (Å²) >= 11 is 0. The first kappa shape index (κ1) is 25.2. The van der Waals surface area contributed by atoms with Crippen LogP contribution < -0.4 is 4.57 Å². The van der Waals surface area contributed by atoms with Crippen molar-refractivity contribution in [3.05, 3.63) is 18.2 Å². The van der Waals surface area contributed by atoms with Crippen molar-refractivity contribution < 1.29 is 4.57 Å². The molecule has 0 saturated carbocycles. The minimum atomic E-state index is 0.625. The van der Waals surface area contributed by atoms with Gasteiger partial charge in [0.05, 0.1) is 12.0 Å². The Balaban J connectivity index is 2.06. The molecule has 0 saturated heterocycles. The van der Waals surface area contributed by atoms with E-state index in [0.29, 0.717) is 12.0 Å². The molecule has 0 aliphatic rings. The lowest BCUT2D eigenvalue weighted by Crippen LogP contribution is -2.41. The summed E-state index contributed by atoms with van der Waals surface area (Å²) in [6.07, 6.45) is 28.2. The second-order valence-electron chi connectivity index (χ2n) is 9.03. The number of hydrogen-bond acceptors (Lipinski definition) is 0. The van der Waals surface area contributed by atoms with Crippen LogP contribution in [0.25, 0.3) is 0 Å². The van der Waals surface area contributed by atoms with Crippen LogP contribution in [0.2, 0.25) is 0 Å². The van der Waals surface area contributed by atoms with Gasteiger partial charge >= 0.3 is 0 Å². The molecule has 1 heterocycles. The Kier molecular flexibility index (Phi) is 15.4. The number of imidazole rings is 1. The zero-order valence-electron chi connectivity index (χ0n) is 19.8. The SMILES string of the molecule is CCCCCCCCCCCCCCCC(C)[n+]1cc[nH]c1C(CC)CCC. The van der Waals surface area contributed by atoms with Gasteiger partial charge in [0.15, 0.2) is 0 Å². The van der Waals surface area contributed by atoms with Crippen molar-refractivity contribution in [1.29, 1.82) is 0 Å². The summed E-state index contributed by atoms with van der Waals surface area (Å²) in [6, 6.07) is 0.625. The molecule has 2 heteroatoms. The maximum Gasteiger partial charge on any atom is 0.257 e. The molecule has 0 amide bonds.